The molecular formula is C12H15NO. The van der Waals surface area contributed by atoms with Crippen molar-refractivity contribution >= 4 is 0 Å². The van der Waals surface area contributed by atoms with Crippen LogP contribution in [0.1, 0.15) is 18.4 Å². The fourth-order valence-electron chi connectivity index (χ4n) is 1.16. The van der Waals surface area contributed by atoms with E-state index in [0.717, 1.165) is 19.4 Å². The molecule has 0 fully saturated rings. The fraction of sp³-hybridized carbons (Fsp3) is 0.417. The van der Waals surface area contributed by atoms with Crippen LogP contribution in [0, 0.1) is 6.57 Å². The second-order valence-corrected chi connectivity index (χ2v) is 3.13. The molecule has 1 aromatic rings. The van der Waals surface area contributed by atoms with Crippen LogP contribution in [0.15, 0.2) is 30.3 Å². The number of hydrogen-bond acceptors (Lipinski definition) is 1. The van der Waals surface area contributed by atoms with Gasteiger partial charge in [-0.15, -0.1) is 0 Å². The van der Waals surface area contributed by atoms with Crippen LogP contribution in [0.3, 0.4) is 0 Å². The van der Waals surface area contributed by atoms with E-state index < -0.39 is 0 Å². The summed E-state index contributed by atoms with van der Waals surface area (Å²) in [6.07, 6.45) is 1.92. The minimum atomic E-state index is 0.620. The quantitative estimate of drug-likeness (QED) is 0.495. The third-order valence-corrected chi connectivity index (χ3v) is 1.92. The standard InChI is InChI=1S/C12H15NO/c1-13-9-5-6-10-14-11-12-7-3-2-4-8-12/h2-4,7-8H,5-6,9-11H2. The number of nitrogens with zero attached hydrogens (tertiary/aromatic N) is 1. The Balaban J connectivity index is 2.03. The number of unbranched alkanes of at least 4 members (excludes halogenated alkanes) is 1. The van der Waals surface area contributed by atoms with Gasteiger partial charge in [0.2, 0.25) is 6.54 Å². The summed E-state index contributed by atoms with van der Waals surface area (Å²) in [6, 6.07) is 10.1. The number of ether oxygens (including phenoxy) is 1. The van der Waals surface area contributed by atoms with E-state index in [2.05, 4.69) is 17.0 Å². The lowest BCUT2D eigenvalue weighted by molar-refractivity contribution is 0.118. The van der Waals surface area contributed by atoms with Gasteiger partial charge in [-0.25, -0.2) is 6.57 Å². The van der Waals surface area contributed by atoms with Gasteiger partial charge < -0.3 is 9.58 Å². The SMILES string of the molecule is [C-]#[N+]CCCCOCc1ccccc1. The van der Waals surface area contributed by atoms with Crippen molar-refractivity contribution in [2.45, 2.75) is 19.4 Å². The monoisotopic (exact) mass is 189 g/mol. The van der Waals surface area contributed by atoms with E-state index in [0.29, 0.717) is 13.2 Å². The van der Waals surface area contributed by atoms with E-state index in [1.165, 1.54) is 5.56 Å². The third-order valence-electron chi connectivity index (χ3n) is 1.92. The first-order valence-electron chi connectivity index (χ1n) is 4.88. The molecule has 0 N–H and O–H groups in total. The fourth-order valence-corrected chi connectivity index (χ4v) is 1.16. The van der Waals surface area contributed by atoms with Crippen molar-refractivity contribution in [1.29, 1.82) is 0 Å². The van der Waals surface area contributed by atoms with E-state index in [1.54, 1.807) is 0 Å². The van der Waals surface area contributed by atoms with E-state index in [4.69, 9.17) is 11.3 Å². The molecule has 1 aromatic carbocycles. The molecule has 2 nitrogen and oxygen atoms in total. The molecule has 0 bridgehead atoms. The van der Waals surface area contributed by atoms with Gasteiger partial charge in [-0.1, -0.05) is 30.3 Å². The molecule has 2 heteroatoms. The molecular weight excluding hydrogens is 174 g/mol. The predicted molar refractivity (Wildman–Crippen MR) is 56.8 cm³/mol. The molecule has 0 saturated heterocycles. The van der Waals surface area contributed by atoms with Gasteiger partial charge >= 0.3 is 0 Å². The average Bonchev–Trinajstić information content (AvgIpc) is 2.25. The molecule has 0 spiro atoms. The summed E-state index contributed by atoms with van der Waals surface area (Å²) in [4.78, 5) is 3.29. The highest BCUT2D eigenvalue weighted by Crippen LogP contribution is 2.01. The van der Waals surface area contributed by atoms with Crippen molar-refractivity contribution in [3.8, 4) is 0 Å². The highest BCUT2D eigenvalue weighted by molar-refractivity contribution is 5.13. The molecule has 0 aromatic heterocycles. The van der Waals surface area contributed by atoms with Crippen LogP contribution in [0.5, 0.6) is 0 Å². The zero-order chi connectivity index (χ0) is 10.1. The molecule has 0 heterocycles. The maximum atomic E-state index is 6.60. The molecule has 0 unspecified atom stereocenters. The van der Waals surface area contributed by atoms with E-state index in [9.17, 15) is 0 Å². The van der Waals surface area contributed by atoms with Crippen LogP contribution in [-0.2, 0) is 11.3 Å². The Hall–Kier alpha value is -1.33. The molecule has 14 heavy (non-hydrogen) atoms. The number of rotatable bonds is 6. The Bertz CT molecular complexity index is 276. The minimum absolute atomic E-state index is 0.620. The Labute approximate surface area is 85.3 Å². The minimum Gasteiger partial charge on any atom is -0.377 e. The molecule has 0 saturated carbocycles. The van der Waals surface area contributed by atoms with Gasteiger partial charge in [0.25, 0.3) is 0 Å². The Morgan fingerprint density at radius 2 is 1.93 bits per heavy atom. The van der Waals surface area contributed by atoms with Gasteiger partial charge in [0.15, 0.2) is 0 Å². The maximum absolute atomic E-state index is 6.60. The third kappa shape index (κ3) is 4.64. The summed E-state index contributed by atoms with van der Waals surface area (Å²) in [5, 5.41) is 0. The lowest BCUT2D eigenvalue weighted by atomic mass is 10.2. The van der Waals surface area contributed by atoms with Crippen LogP contribution in [-0.4, -0.2) is 13.2 Å². The van der Waals surface area contributed by atoms with Crippen LogP contribution >= 0.6 is 0 Å². The summed E-state index contributed by atoms with van der Waals surface area (Å²) in [5.74, 6) is 0. The van der Waals surface area contributed by atoms with Crippen LogP contribution < -0.4 is 0 Å². The first-order chi connectivity index (χ1) is 6.93. The molecule has 0 aliphatic carbocycles. The molecule has 0 atom stereocenters. The lowest BCUT2D eigenvalue weighted by Gasteiger charge is -2.02. The summed E-state index contributed by atoms with van der Waals surface area (Å²) < 4.78 is 5.46. The highest BCUT2D eigenvalue weighted by atomic mass is 16.5. The van der Waals surface area contributed by atoms with Crippen LogP contribution in [0.2, 0.25) is 0 Å². The van der Waals surface area contributed by atoms with Crippen molar-refractivity contribution in [2.75, 3.05) is 13.2 Å². The molecule has 0 amide bonds. The normalized spacial score (nSPS) is 9.64. The van der Waals surface area contributed by atoms with Crippen molar-refractivity contribution in [1.82, 2.24) is 0 Å². The van der Waals surface area contributed by atoms with Crippen molar-refractivity contribution in [2.24, 2.45) is 0 Å². The predicted octanol–water partition coefficient (Wildman–Crippen LogP) is 2.90. The summed E-state index contributed by atoms with van der Waals surface area (Å²) in [5.41, 5.74) is 1.21. The molecule has 0 aliphatic rings. The Morgan fingerprint density at radius 1 is 1.14 bits per heavy atom. The largest absolute Gasteiger partial charge is 0.377 e. The van der Waals surface area contributed by atoms with Gasteiger partial charge in [0, 0.05) is 13.0 Å². The topological polar surface area (TPSA) is 13.6 Å². The molecule has 74 valence electrons. The van der Waals surface area contributed by atoms with Crippen LogP contribution in [0.25, 0.3) is 4.85 Å². The van der Waals surface area contributed by atoms with Crippen molar-refractivity contribution < 1.29 is 4.74 Å². The van der Waals surface area contributed by atoms with E-state index in [-0.39, 0.29) is 0 Å². The first kappa shape index (κ1) is 10.7. The molecule has 0 aliphatic heterocycles. The van der Waals surface area contributed by atoms with E-state index >= 15 is 0 Å². The Morgan fingerprint density at radius 3 is 2.64 bits per heavy atom. The zero-order valence-corrected chi connectivity index (χ0v) is 8.28. The number of benzene rings is 1. The number of hydrogen-bond donors (Lipinski definition) is 0. The molecule has 1 rings (SSSR count). The maximum Gasteiger partial charge on any atom is 0.214 e. The highest BCUT2D eigenvalue weighted by Gasteiger charge is 1.92. The second kappa shape index (κ2) is 7.11. The smallest absolute Gasteiger partial charge is 0.214 e. The van der Waals surface area contributed by atoms with Gasteiger partial charge in [0.1, 0.15) is 0 Å². The van der Waals surface area contributed by atoms with Gasteiger partial charge in [-0.05, 0) is 12.0 Å². The van der Waals surface area contributed by atoms with Crippen molar-refractivity contribution in [3.63, 3.8) is 0 Å². The Kier molecular flexibility index (Phi) is 5.46. The summed E-state index contributed by atoms with van der Waals surface area (Å²) in [7, 11) is 0. The summed E-state index contributed by atoms with van der Waals surface area (Å²) >= 11 is 0. The average molecular weight is 189 g/mol. The zero-order valence-electron chi connectivity index (χ0n) is 8.28. The molecule has 0 radical (unpaired) electrons. The summed E-state index contributed by atoms with van der Waals surface area (Å²) in [6.45, 7) is 8.66. The van der Waals surface area contributed by atoms with Crippen LogP contribution in [0.4, 0.5) is 0 Å². The second-order valence-electron chi connectivity index (χ2n) is 3.13. The first-order valence-corrected chi connectivity index (χ1v) is 4.88. The van der Waals surface area contributed by atoms with Gasteiger partial charge in [0.05, 0.1) is 6.61 Å². The van der Waals surface area contributed by atoms with E-state index in [1.807, 2.05) is 18.2 Å². The van der Waals surface area contributed by atoms with Gasteiger partial charge in [-0.3, -0.25) is 0 Å². The van der Waals surface area contributed by atoms with Crippen molar-refractivity contribution in [3.05, 3.63) is 47.3 Å². The van der Waals surface area contributed by atoms with Gasteiger partial charge in [-0.2, -0.15) is 0 Å². The lowest BCUT2D eigenvalue weighted by Crippen LogP contribution is -1.95.